The predicted octanol–water partition coefficient (Wildman–Crippen LogP) is 4.27. The topological polar surface area (TPSA) is 89.1 Å². The summed E-state index contributed by atoms with van der Waals surface area (Å²) < 4.78 is 29.1. The van der Waals surface area contributed by atoms with Crippen LogP contribution >= 0.6 is 11.3 Å². The van der Waals surface area contributed by atoms with Crippen molar-refractivity contribution in [2.45, 2.75) is 31.4 Å². The second-order valence-electron chi connectivity index (χ2n) is 8.18. The van der Waals surface area contributed by atoms with Crippen LogP contribution in [0.15, 0.2) is 41.6 Å². The number of alkyl halides is 1. The van der Waals surface area contributed by atoms with Gasteiger partial charge < -0.3 is 19.5 Å². The zero-order valence-corrected chi connectivity index (χ0v) is 20.9. The summed E-state index contributed by atoms with van der Waals surface area (Å²) in [5.74, 6) is 0.434. The second-order valence-corrected chi connectivity index (χ2v) is 8.96. The highest BCUT2D eigenvalue weighted by molar-refractivity contribution is 7.08. The maximum Gasteiger partial charge on any atom is 0.411 e. The molecule has 1 aliphatic rings. The molecule has 2 N–H and O–H groups in total. The number of rotatable bonds is 12. The molecule has 1 aliphatic heterocycles. The molecule has 1 aromatic carbocycles. The summed E-state index contributed by atoms with van der Waals surface area (Å²) in [4.78, 5) is 27.5. The maximum atomic E-state index is 13.1. The number of thiophene rings is 1. The van der Waals surface area contributed by atoms with Crippen molar-refractivity contribution in [1.29, 1.82) is 0 Å². The molecule has 0 radical (unpaired) electrons. The third-order valence-electron chi connectivity index (χ3n) is 5.78. The molecule has 2 aromatic rings. The molecule has 0 bridgehead atoms. The average Bonchev–Trinajstić information content (AvgIpc) is 3.50. The molecule has 2 heterocycles. The highest BCUT2D eigenvalue weighted by atomic mass is 32.1. The lowest BCUT2D eigenvalue weighted by Gasteiger charge is -2.23. The van der Waals surface area contributed by atoms with E-state index in [-0.39, 0.29) is 18.1 Å². The van der Waals surface area contributed by atoms with Gasteiger partial charge in [0.1, 0.15) is 6.10 Å². The number of methoxy groups -OCH3 is 2. The van der Waals surface area contributed by atoms with Gasteiger partial charge in [0.05, 0.1) is 32.1 Å². The summed E-state index contributed by atoms with van der Waals surface area (Å²) in [5.41, 5.74) is 1.82. The average molecular weight is 506 g/mol. The van der Waals surface area contributed by atoms with Crippen LogP contribution in [-0.2, 0) is 11.2 Å². The van der Waals surface area contributed by atoms with Crippen molar-refractivity contribution < 1.29 is 28.2 Å². The number of nitrogens with zero attached hydrogens (tertiary/aromatic N) is 1. The Balaban J connectivity index is 1.65. The Morgan fingerprint density at radius 3 is 2.80 bits per heavy atom. The number of halogens is 1. The minimum Gasteiger partial charge on any atom is -0.493 e. The van der Waals surface area contributed by atoms with E-state index >= 15 is 0 Å². The molecule has 0 saturated carbocycles. The number of ether oxygens (including phenoxy) is 3. The van der Waals surface area contributed by atoms with Crippen molar-refractivity contribution in [3.8, 4) is 11.5 Å². The normalized spacial score (nSPS) is 17.6. The second kappa shape index (κ2) is 13.1. The lowest BCUT2D eigenvalue weighted by Crippen LogP contribution is -2.40. The van der Waals surface area contributed by atoms with Crippen LogP contribution in [0.5, 0.6) is 11.5 Å². The summed E-state index contributed by atoms with van der Waals surface area (Å²) in [6.45, 7) is 4.86. The molecule has 2 amide bonds. The van der Waals surface area contributed by atoms with Crippen LogP contribution in [0.3, 0.4) is 0 Å². The Bertz CT molecular complexity index is 1000. The number of aryl methyl sites for hydroxylation is 1. The molecule has 0 unspecified atom stereocenters. The smallest absolute Gasteiger partial charge is 0.411 e. The van der Waals surface area contributed by atoms with Gasteiger partial charge in [-0.3, -0.25) is 19.4 Å². The number of amides is 2. The van der Waals surface area contributed by atoms with Gasteiger partial charge >= 0.3 is 6.09 Å². The Morgan fingerprint density at radius 2 is 2.14 bits per heavy atom. The summed E-state index contributed by atoms with van der Waals surface area (Å²) in [6.07, 6.45) is 2.38. The van der Waals surface area contributed by atoms with Crippen molar-refractivity contribution in [2.24, 2.45) is 0 Å². The molecule has 35 heavy (non-hydrogen) atoms. The van der Waals surface area contributed by atoms with Gasteiger partial charge in [-0.1, -0.05) is 6.08 Å². The van der Waals surface area contributed by atoms with Crippen LogP contribution in [0, 0.1) is 0 Å². The van der Waals surface area contributed by atoms with E-state index < -0.39 is 12.8 Å². The van der Waals surface area contributed by atoms with Gasteiger partial charge in [0, 0.05) is 37.5 Å². The lowest BCUT2D eigenvalue weighted by molar-refractivity contribution is 0.0937. The monoisotopic (exact) mass is 505 g/mol. The quantitative estimate of drug-likeness (QED) is 0.419. The number of anilines is 1. The SMILES string of the molecule is C=CCN1C[C@H](OC(=O)Nc2ccsc2)C[C@H]1CNC(=O)c1cc(CCCF)cc(OC)c1OC. The Morgan fingerprint density at radius 1 is 1.31 bits per heavy atom. The Kier molecular flexibility index (Phi) is 9.92. The standard InChI is InChI=1S/C25H32FN3O5S/c1-4-9-29-15-20(34-25(31)28-18-7-10-35-16-18)13-19(29)14-27-24(30)21-11-17(6-5-8-26)12-22(32-2)23(21)33-3/h4,7,10-12,16,19-20H,1,5-6,8-9,13-15H2,2-3H3,(H,27,30)(H,28,31)/t19-,20+/m0/s1. The van der Waals surface area contributed by atoms with Crippen molar-refractivity contribution in [3.05, 3.63) is 52.7 Å². The fourth-order valence-corrected chi connectivity index (χ4v) is 4.76. The van der Waals surface area contributed by atoms with Crippen molar-refractivity contribution in [2.75, 3.05) is 45.8 Å². The number of benzene rings is 1. The molecule has 1 aromatic heterocycles. The first-order valence-corrected chi connectivity index (χ1v) is 12.4. The molecule has 190 valence electrons. The molecule has 0 spiro atoms. The third kappa shape index (κ3) is 7.19. The van der Waals surface area contributed by atoms with E-state index in [9.17, 15) is 14.0 Å². The highest BCUT2D eigenvalue weighted by Crippen LogP contribution is 2.33. The molecule has 0 aliphatic carbocycles. The van der Waals surface area contributed by atoms with E-state index in [2.05, 4.69) is 22.1 Å². The molecular weight excluding hydrogens is 473 g/mol. The van der Waals surface area contributed by atoms with E-state index in [1.54, 1.807) is 24.3 Å². The van der Waals surface area contributed by atoms with Crippen LogP contribution in [-0.4, -0.2) is 69.6 Å². The molecule has 8 nitrogen and oxygen atoms in total. The van der Waals surface area contributed by atoms with E-state index in [0.29, 0.717) is 61.6 Å². The van der Waals surface area contributed by atoms with E-state index in [1.165, 1.54) is 25.6 Å². The van der Waals surface area contributed by atoms with Crippen LogP contribution < -0.4 is 20.1 Å². The fourth-order valence-electron chi connectivity index (χ4n) is 4.17. The van der Waals surface area contributed by atoms with Crippen molar-refractivity contribution in [1.82, 2.24) is 10.2 Å². The number of carbonyl (C=O) groups excluding carboxylic acids is 2. The number of carbonyl (C=O) groups is 2. The Hall–Kier alpha value is -3.11. The molecule has 2 atom stereocenters. The van der Waals surface area contributed by atoms with Crippen LogP contribution in [0.1, 0.15) is 28.8 Å². The summed E-state index contributed by atoms with van der Waals surface area (Å²) in [7, 11) is 2.97. The number of nitrogens with one attached hydrogen (secondary N) is 2. The van der Waals surface area contributed by atoms with Gasteiger partial charge in [0.25, 0.3) is 5.91 Å². The van der Waals surface area contributed by atoms with Crippen molar-refractivity contribution >= 4 is 29.0 Å². The van der Waals surface area contributed by atoms with E-state index in [0.717, 1.165) is 5.56 Å². The third-order valence-corrected chi connectivity index (χ3v) is 6.46. The first-order valence-electron chi connectivity index (χ1n) is 11.4. The first-order chi connectivity index (χ1) is 17.0. The zero-order valence-electron chi connectivity index (χ0n) is 20.1. The summed E-state index contributed by atoms with van der Waals surface area (Å²) >= 11 is 1.49. The van der Waals surface area contributed by atoms with Gasteiger partial charge in [-0.25, -0.2) is 4.79 Å². The van der Waals surface area contributed by atoms with Crippen LogP contribution in [0.25, 0.3) is 0 Å². The van der Waals surface area contributed by atoms with Gasteiger partial charge in [-0.05, 0) is 42.0 Å². The maximum absolute atomic E-state index is 13.1. The predicted molar refractivity (Wildman–Crippen MR) is 135 cm³/mol. The van der Waals surface area contributed by atoms with E-state index in [4.69, 9.17) is 14.2 Å². The minimum atomic E-state index is -0.501. The van der Waals surface area contributed by atoms with Gasteiger partial charge in [0.2, 0.25) is 0 Å². The van der Waals surface area contributed by atoms with Crippen LogP contribution in [0.4, 0.5) is 14.9 Å². The molecule has 10 heteroatoms. The largest absolute Gasteiger partial charge is 0.493 e. The molecule has 1 fully saturated rings. The first kappa shape index (κ1) is 26.5. The molecular formula is C25H32FN3O5S. The number of hydrogen-bond donors (Lipinski definition) is 2. The number of hydrogen-bond acceptors (Lipinski definition) is 7. The number of likely N-dealkylation sites (tertiary alicyclic amines) is 1. The zero-order chi connectivity index (χ0) is 25.2. The highest BCUT2D eigenvalue weighted by Gasteiger charge is 2.34. The Labute approximate surface area is 209 Å². The molecule has 3 rings (SSSR count). The fraction of sp³-hybridized carbons (Fsp3) is 0.440. The van der Waals surface area contributed by atoms with Crippen molar-refractivity contribution in [3.63, 3.8) is 0 Å². The van der Waals surface area contributed by atoms with Gasteiger partial charge in [-0.2, -0.15) is 11.3 Å². The van der Waals surface area contributed by atoms with Crippen LogP contribution in [0.2, 0.25) is 0 Å². The summed E-state index contributed by atoms with van der Waals surface area (Å²) in [6, 6.07) is 5.23. The van der Waals surface area contributed by atoms with E-state index in [1.807, 2.05) is 10.8 Å². The van der Waals surface area contributed by atoms with Gasteiger partial charge in [0.15, 0.2) is 11.5 Å². The summed E-state index contributed by atoms with van der Waals surface area (Å²) in [5, 5.41) is 9.39. The minimum absolute atomic E-state index is 0.0430. The lowest BCUT2D eigenvalue weighted by atomic mass is 10.0. The molecule has 1 saturated heterocycles. The van der Waals surface area contributed by atoms with Gasteiger partial charge in [-0.15, -0.1) is 6.58 Å².